The standard InChI is InChI=1S/C15H14FN5S/c16-10-5-3-9(4-6-10)11-8-12(13-2-1-7-22-13)21-15(18-11)19-14(17)20-21/h1-7,11-12H,8H2,(H3,17,18,19,20)/t11-,12-/m1/s1. The van der Waals surface area contributed by atoms with Crippen molar-refractivity contribution in [1.82, 2.24) is 14.8 Å². The highest BCUT2D eigenvalue weighted by Gasteiger charge is 2.31. The van der Waals surface area contributed by atoms with Crippen molar-refractivity contribution in [2.24, 2.45) is 0 Å². The zero-order chi connectivity index (χ0) is 15.1. The number of fused-ring (bicyclic) bond motifs is 1. The SMILES string of the molecule is Nc1nc2n(n1)[C@@H](c1cccs1)C[C@H](c1ccc(F)cc1)N2. The third kappa shape index (κ3) is 2.23. The van der Waals surface area contributed by atoms with Gasteiger partial charge in [-0.2, -0.15) is 4.98 Å². The minimum absolute atomic E-state index is 0.0452. The van der Waals surface area contributed by atoms with Crippen molar-refractivity contribution < 1.29 is 4.39 Å². The second-order valence-corrected chi connectivity index (χ2v) is 6.23. The fourth-order valence-corrected chi connectivity index (χ4v) is 3.65. The molecule has 5 nitrogen and oxygen atoms in total. The lowest BCUT2D eigenvalue weighted by Gasteiger charge is -2.30. The Morgan fingerprint density at radius 3 is 2.82 bits per heavy atom. The lowest BCUT2D eigenvalue weighted by Crippen LogP contribution is -2.27. The number of hydrogen-bond acceptors (Lipinski definition) is 5. The van der Waals surface area contributed by atoms with Crippen LogP contribution < -0.4 is 11.1 Å². The van der Waals surface area contributed by atoms with Crippen LogP contribution in [0.25, 0.3) is 0 Å². The van der Waals surface area contributed by atoms with Crippen LogP contribution >= 0.6 is 11.3 Å². The van der Waals surface area contributed by atoms with E-state index in [2.05, 4.69) is 21.5 Å². The number of nitrogens with two attached hydrogens (primary N) is 1. The smallest absolute Gasteiger partial charge is 0.241 e. The van der Waals surface area contributed by atoms with Crippen LogP contribution in [0.4, 0.5) is 16.3 Å². The third-order valence-electron chi connectivity index (χ3n) is 3.85. The molecule has 0 unspecified atom stereocenters. The first-order valence-electron chi connectivity index (χ1n) is 6.98. The molecule has 3 heterocycles. The number of thiophene rings is 1. The van der Waals surface area contributed by atoms with Crippen LogP contribution in [0.3, 0.4) is 0 Å². The Morgan fingerprint density at radius 1 is 1.27 bits per heavy atom. The van der Waals surface area contributed by atoms with E-state index in [1.807, 2.05) is 16.1 Å². The number of halogens is 1. The molecule has 1 aromatic carbocycles. The number of hydrogen-bond donors (Lipinski definition) is 2. The number of aromatic nitrogens is 3. The molecule has 2 atom stereocenters. The number of benzene rings is 1. The first kappa shape index (κ1) is 13.3. The Morgan fingerprint density at radius 2 is 2.09 bits per heavy atom. The fourth-order valence-electron chi connectivity index (χ4n) is 2.83. The highest BCUT2D eigenvalue weighted by atomic mass is 32.1. The van der Waals surface area contributed by atoms with Crippen molar-refractivity contribution >= 4 is 23.2 Å². The summed E-state index contributed by atoms with van der Waals surface area (Å²) >= 11 is 1.68. The summed E-state index contributed by atoms with van der Waals surface area (Å²) in [7, 11) is 0. The lowest BCUT2D eigenvalue weighted by molar-refractivity contribution is 0.437. The molecule has 3 N–H and O–H groups in total. The van der Waals surface area contributed by atoms with Gasteiger partial charge in [0.25, 0.3) is 0 Å². The number of nitrogens with zero attached hydrogens (tertiary/aromatic N) is 3. The summed E-state index contributed by atoms with van der Waals surface area (Å²) < 4.78 is 15.0. The zero-order valence-electron chi connectivity index (χ0n) is 11.6. The summed E-state index contributed by atoms with van der Waals surface area (Å²) in [5.41, 5.74) is 6.77. The highest BCUT2D eigenvalue weighted by molar-refractivity contribution is 7.10. The van der Waals surface area contributed by atoms with Crippen LogP contribution in [0, 0.1) is 5.82 Å². The monoisotopic (exact) mass is 315 g/mol. The van der Waals surface area contributed by atoms with Crippen LogP contribution in [0.2, 0.25) is 0 Å². The van der Waals surface area contributed by atoms with E-state index in [-0.39, 0.29) is 23.8 Å². The topological polar surface area (TPSA) is 68.8 Å². The average molecular weight is 315 g/mol. The van der Waals surface area contributed by atoms with E-state index in [0.29, 0.717) is 5.95 Å². The van der Waals surface area contributed by atoms with Gasteiger partial charge >= 0.3 is 0 Å². The number of anilines is 2. The molecule has 2 aromatic heterocycles. The van der Waals surface area contributed by atoms with Gasteiger partial charge in [0.2, 0.25) is 11.9 Å². The molecule has 0 bridgehead atoms. The summed E-state index contributed by atoms with van der Waals surface area (Å²) in [6, 6.07) is 10.8. The molecule has 0 saturated heterocycles. The second kappa shape index (κ2) is 5.10. The van der Waals surface area contributed by atoms with E-state index < -0.39 is 0 Å². The zero-order valence-corrected chi connectivity index (χ0v) is 12.4. The van der Waals surface area contributed by atoms with Gasteiger partial charge in [-0.25, -0.2) is 9.07 Å². The third-order valence-corrected chi connectivity index (χ3v) is 4.82. The van der Waals surface area contributed by atoms with Crippen molar-refractivity contribution in [1.29, 1.82) is 0 Å². The van der Waals surface area contributed by atoms with Gasteiger partial charge in [-0.1, -0.05) is 18.2 Å². The van der Waals surface area contributed by atoms with Gasteiger partial charge in [0, 0.05) is 4.88 Å². The average Bonchev–Trinajstić information content (AvgIpc) is 3.15. The van der Waals surface area contributed by atoms with E-state index in [0.717, 1.165) is 12.0 Å². The molecular formula is C15H14FN5S. The molecule has 0 aliphatic carbocycles. The maximum atomic E-state index is 13.1. The predicted molar refractivity (Wildman–Crippen MR) is 84.3 cm³/mol. The molecule has 0 spiro atoms. The van der Waals surface area contributed by atoms with Crippen molar-refractivity contribution in [2.75, 3.05) is 11.1 Å². The van der Waals surface area contributed by atoms with Gasteiger partial charge in [-0.15, -0.1) is 16.4 Å². The van der Waals surface area contributed by atoms with Crippen LogP contribution in [-0.2, 0) is 0 Å². The molecule has 0 radical (unpaired) electrons. The lowest BCUT2D eigenvalue weighted by atomic mass is 9.97. The molecule has 4 rings (SSSR count). The highest BCUT2D eigenvalue weighted by Crippen LogP contribution is 2.39. The van der Waals surface area contributed by atoms with Crippen LogP contribution in [0.15, 0.2) is 41.8 Å². The van der Waals surface area contributed by atoms with Crippen LogP contribution in [0.5, 0.6) is 0 Å². The van der Waals surface area contributed by atoms with Crippen molar-refractivity contribution in [3.63, 3.8) is 0 Å². The van der Waals surface area contributed by atoms with E-state index in [1.165, 1.54) is 17.0 Å². The van der Waals surface area contributed by atoms with E-state index in [9.17, 15) is 4.39 Å². The maximum Gasteiger partial charge on any atom is 0.241 e. The number of nitrogens with one attached hydrogen (secondary N) is 1. The first-order valence-corrected chi connectivity index (χ1v) is 7.86. The molecule has 3 aromatic rings. The van der Waals surface area contributed by atoms with Crippen molar-refractivity contribution in [3.05, 3.63) is 58.0 Å². The number of nitrogen functional groups attached to an aromatic ring is 1. The Hall–Kier alpha value is -2.41. The van der Waals surface area contributed by atoms with Gasteiger partial charge in [-0.3, -0.25) is 0 Å². The summed E-state index contributed by atoms with van der Waals surface area (Å²) in [6.45, 7) is 0. The van der Waals surface area contributed by atoms with Gasteiger partial charge in [0.05, 0.1) is 12.1 Å². The molecule has 0 amide bonds. The van der Waals surface area contributed by atoms with E-state index in [1.54, 1.807) is 23.5 Å². The largest absolute Gasteiger partial charge is 0.366 e. The molecular weight excluding hydrogens is 301 g/mol. The molecule has 112 valence electrons. The summed E-state index contributed by atoms with van der Waals surface area (Å²) in [4.78, 5) is 5.46. The number of rotatable bonds is 2. The summed E-state index contributed by atoms with van der Waals surface area (Å²) in [6.07, 6.45) is 0.807. The van der Waals surface area contributed by atoms with E-state index >= 15 is 0 Å². The molecule has 22 heavy (non-hydrogen) atoms. The van der Waals surface area contributed by atoms with Gasteiger partial charge < -0.3 is 11.1 Å². The Balaban J connectivity index is 1.74. The van der Waals surface area contributed by atoms with E-state index in [4.69, 9.17) is 5.73 Å². The molecule has 1 aliphatic rings. The Bertz CT molecular complexity index is 781. The Kier molecular flexibility index (Phi) is 3.07. The maximum absolute atomic E-state index is 13.1. The summed E-state index contributed by atoms with van der Waals surface area (Å²) in [5.74, 6) is 0.669. The van der Waals surface area contributed by atoms with Crippen molar-refractivity contribution in [3.8, 4) is 0 Å². The summed E-state index contributed by atoms with van der Waals surface area (Å²) in [5, 5.41) is 9.68. The quantitative estimate of drug-likeness (QED) is 0.762. The van der Waals surface area contributed by atoms with Gasteiger partial charge in [0.15, 0.2) is 0 Å². The van der Waals surface area contributed by atoms with Gasteiger partial charge in [-0.05, 0) is 35.6 Å². The van der Waals surface area contributed by atoms with Crippen LogP contribution in [0.1, 0.15) is 28.9 Å². The molecule has 0 saturated carbocycles. The molecule has 7 heteroatoms. The normalized spacial score (nSPS) is 20.4. The minimum Gasteiger partial charge on any atom is -0.366 e. The minimum atomic E-state index is -0.234. The molecule has 1 aliphatic heterocycles. The van der Waals surface area contributed by atoms with Crippen molar-refractivity contribution in [2.45, 2.75) is 18.5 Å². The fraction of sp³-hybridized carbons (Fsp3) is 0.200. The first-order chi connectivity index (χ1) is 10.7. The van der Waals surface area contributed by atoms with Crippen LogP contribution in [-0.4, -0.2) is 14.8 Å². The van der Waals surface area contributed by atoms with Gasteiger partial charge in [0.1, 0.15) is 5.82 Å². The Labute approximate surface area is 130 Å². The second-order valence-electron chi connectivity index (χ2n) is 5.25. The molecule has 0 fully saturated rings. The predicted octanol–water partition coefficient (Wildman–Crippen LogP) is 3.21.